The summed E-state index contributed by atoms with van der Waals surface area (Å²) in [5.41, 5.74) is 1.06. The fraction of sp³-hybridized carbons (Fsp3) is 0.529. The van der Waals surface area contributed by atoms with Gasteiger partial charge in [0.25, 0.3) is 0 Å². The van der Waals surface area contributed by atoms with E-state index in [1.165, 1.54) is 6.92 Å². The zero-order valence-electron chi connectivity index (χ0n) is 13.8. The molecule has 1 aliphatic heterocycles. The van der Waals surface area contributed by atoms with Crippen molar-refractivity contribution < 1.29 is 19.1 Å². The van der Waals surface area contributed by atoms with Crippen LogP contribution in [0, 0.1) is 5.92 Å². The lowest BCUT2D eigenvalue weighted by atomic mass is 10.0. The van der Waals surface area contributed by atoms with E-state index in [9.17, 15) is 9.59 Å². The average molecular weight is 320 g/mol. The predicted octanol–water partition coefficient (Wildman–Crippen LogP) is 1.28. The molecule has 0 aliphatic carbocycles. The van der Waals surface area contributed by atoms with Gasteiger partial charge in [0, 0.05) is 13.5 Å². The number of nitrogens with one attached hydrogen (secondary N) is 2. The Morgan fingerprint density at radius 2 is 1.87 bits per heavy atom. The molecule has 1 atom stereocenters. The monoisotopic (exact) mass is 320 g/mol. The summed E-state index contributed by atoms with van der Waals surface area (Å²) in [5.74, 6) is 1.18. The topological polar surface area (TPSA) is 76.7 Å². The van der Waals surface area contributed by atoms with Crippen molar-refractivity contribution in [1.29, 1.82) is 0 Å². The Kier molecular flexibility index (Phi) is 5.84. The Bertz CT molecular complexity index is 572. The van der Waals surface area contributed by atoms with Crippen LogP contribution in [0.15, 0.2) is 18.2 Å². The summed E-state index contributed by atoms with van der Waals surface area (Å²) in [7, 11) is 0. The van der Waals surface area contributed by atoms with Crippen LogP contribution in [0.3, 0.4) is 0 Å². The second-order valence-electron chi connectivity index (χ2n) is 5.94. The Morgan fingerprint density at radius 3 is 2.52 bits per heavy atom. The van der Waals surface area contributed by atoms with Crippen LogP contribution in [-0.2, 0) is 16.0 Å². The molecule has 1 unspecified atom stereocenters. The molecule has 2 rings (SSSR count). The second-order valence-corrected chi connectivity index (χ2v) is 5.94. The molecular formula is C17H24N2O4. The van der Waals surface area contributed by atoms with Crippen LogP contribution in [0.4, 0.5) is 0 Å². The molecule has 126 valence electrons. The Morgan fingerprint density at radius 1 is 1.17 bits per heavy atom. The maximum Gasteiger partial charge on any atom is 0.242 e. The van der Waals surface area contributed by atoms with Gasteiger partial charge in [-0.05, 0) is 30.0 Å². The summed E-state index contributed by atoms with van der Waals surface area (Å²) in [6.07, 6.45) is 0.688. The van der Waals surface area contributed by atoms with Gasteiger partial charge < -0.3 is 20.1 Å². The van der Waals surface area contributed by atoms with Gasteiger partial charge in [0.1, 0.15) is 19.3 Å². The number of amides is 2. The van der Waals surface area contributed by atoms with Gasteiger partial charge in [0.2, 0.25) is 11.8 Å². The first kappa shape index (κ1) is 17.1. The second kappa shape index (κ2) is 7.85. The number of carbonyl (C=O) groups is 2. The number of hydrogen-bond donors (Lipinski definition) is 2. The molecule has 0 saturated heterocycles. The van der Waals surface area contributed by atoms with Gasteiger partial charge in [-0.3, -0.25) is 9.59 Å². The van der Waals surface area contributed by atoms with E-state index in [0.29, 0.717) is 26.2 Å². The van der Waals surface area contributed by atoms with E-state index in [1.807, 2.05) is 32.0 Å². The summed E-state index contributed by atoms with van der Waals surface area (Å²) in [5, 5.41) is 5.55. The number of ether oxygens (including phenoxy) is 2. The first-order valence-corrected chi connectivity index (χ1v) is 7.90. The van der Waals surface area contributed by atoms with Crippen molar-refractivity contribution in [3.63, 3.8) is 0 Å². The van der Waals surface area contributed by atoms with Gasteiger partial charge in [-0.25, -0.2) is 0 Å². The molecule has 1 aliphatic rings. The van der Waals surface area contributed by atoms with Gasteiger partial charge >= 0.3 is 0 Å². The number of hydrogen-bond acceptors (Lipinski definition) is 4. The van der Waals surface area contributed by atoms with Crippen LogP contribution in [0.2, 0.25) is 0 Å². The standard InChI is InChI=1S/C17H24N2O4/c1-11(2)16(19-12(3)20)17(21)18-7-6-13-4-5-14-15(10-13)23-9-8-22-14/h4-5,10-11,16H,6-9H2,1-3H3,(H,18,21)(H,19,20). The van der Waals surface area contributed by atoms with Crippen LogP contribution in [-0.4, -0.2) is 37.6 Å². The van der Waals surface area contributed by atoms with Crippen molar-refractivity contribution in [1.82, 2.24) is 10.6 Å². The molecule has 0 spiro atoms. The first-order chi connectivity index (χ1) is 11.0. The average Bonchev–Trinajstić information content (AvgIpc) is 2.52. The zero-order chi connectivity index (χ0) is 16.8. The fourth-order valence-electron chi connectivity index (χ4n) is 2.44. The fourth-order valence-corrected chi connectivity index (χ4v) is 2.44. The Labute approximate surface area is 136 Å². The van der Waals surface area contributed by atoms with Gasteiger partial charge in [0.15, 0.2) is 11.5 Å². The van der Waals surface area contributed by atoms with E-state index < -0.39 is 6.04 Å². The first-order valence-electron chi connectivity index (χ1n) is 7.90. The van der Waals surface area contributed by atoms with Gasteiger partial charge in [-0.1, -0.05) is 19.9 Å². The summed E-state index contributed by atoms with van der Waals surface area (Å²) in [4.78, 5) is 23.4. The van der Waals surface area contributed by atoms with Crippen LogP contribution in [0.5, 0.6) is 11.5 Å². The summed E-state index contributed by atoms with van der Waals surface area (Å²) in [6, 6.07) is 5.29. The van der Waals surface area contributed by atoms with Crippen molar-refractivity contribution in [3.05, 3.63) is 23.8 Å². The molecular weight excluding hydrogens is 296 g/mol. The molecule has 6 heteroatoms. The van der Waals surface area contributed by atoms with Crippen LogP contribution >= 0.6 is 0 Å². The van der Waals surface area contributed by atoms with Crippen molar-refractivity contribution in [2.75, 3.05) is 19.8 Å². The van der Waals surface area contributed by atoms with Crippen LogP contribution < -0.4 is 20.1 Å². The molecule has 0 radical (unpaired) electrons. The SMILES string of the molecule is CC(=O)NC(C(=O)NCCc1ccc2c(c1)OCCO2)C(C)C. The molecule has 0 saturated carbocycles. The summed E-state index contributed by atoms with van der Waals surface area (Å²) in [6.45, 7) is 6.85. The highest BCUT2D eigenvalue weighted by Crippen LogP contribution is 2.30. The molecule has 23 heavy (non-hydrogen) atoms. The van der Waals surface area contributed by atoms with Gasteiger partial charge in [-0.15, -0.1) is 0 Å². The maximum atomic E-state index is 12.2. The van der Waals surface area contributed by atoms with Crippen molar-refractivity contribution in [2.24, 2.45) is 5.92 Å². The van der Waals surface area contributed by atoms with E-state index >= 15 is 0 Å². The maximum absolute atomic E-state index is 12.2. The molecule has 1 heterocycles. The molecule has 6 nitrogen and oxygen atoms in total. The molecule has 1 aromatic carbocycles. The highest BCUT2D eigenvalue weighted by atomic mass is 16.6. The molecule has 2 amide bonds. The number of carbonyl (C=O) groups excluding carboxylic acids is 2. The highest BCUT2D eigenvalue weighted by molar-refractivity contribution is 5.87. The van der Waals surface area contributed by atoms with Crippen molar-refractivity contribution >= 4 is 11.8 Å². The van der Waals surface area contributed by atoms with E-state index in [4.69, 9.17) is 9.47 Å². The Hall–Kier alpha value is -2.24. The molecule has 1 aromatic rings. The van der Waals surface area contributed by atoms with Crippen LogP contribution in [0.25, 0.3) is 0 Å². The minimum absolute atomic E-state index is 0.0354. The van der Waals surface area contributed by atoms with Crippen molar-refractivity contribution in [3.8, 4) is 11.5 Å². The highest BCUT2D eigenvalue weighted by Gasteiger charge is 2.22. The Balaban J connectivity index is 1.86. The minimum atomic E-state index is -0.507. The van der Waals surface area contributed by atoms with Crippen molar-refractivity contribution in [2.45, 2.75) is 33.2 Å². The summed E-state index contributed by atoms with van der Waals surface area (Å²) >= 11 is 0. The van der Waals surface area contributed by atoms with E-state index in [-0.39, 0.29) is 17.7 Å². The molecule has 0 aromatic heterocycles. The zero-order valence-corrected chi connectivity index (χ0v) is 13.8. The lowest BCUT2D eigenvalue weighted by Gasteiger charge is -2.21. The normalized spacial score (nSPS) is 14.3. The van der Waals surface area contributed by atoms with Gasteiger partial charge in [0.05, 0.1) is 0 Å². The third kappa shape index (κ3) is 4.87. The van der Waals surface area contributed by atoms with E-state index in [0.717, 1.165) is 17.1 Å². The lowest BCUT2D eigenvalue weighted by Crippen LogP contribution is -2.49. The van der Waals surface area contributed by atoms with E-state index in [2.05, 4.69) is 10.6 Å². The molecule has 2 N–H and O–H groups in total. The third-order valence-corrected chi connectivity index (χ3v) is 3.63. The molecule has 0 bridgehead atoms. The quantitative estimate of drug-likeness (QED) is 0.828. The number of fused-ring (bicyclic) bond motifs is 1. The lowest BCUT2D eigenvalue weighted by molar-refractivity contribution is -0.129. The summed E-state index contributed by atoms with van der Waals surface area (Å²) < 4.78 is 11.0. The molecule has 0 fully saturated rings. The predicted molar refractivity (Wildman–Crippen MR) is 86.6 cm³/mol. The van der Waals surface area contributed by atoms with Gasteiger partial charge in [-0.2, -0.15) is 0 Å². The third-order valence-electron chi connectivity index (χ3n) is 3.63. The minimum Gasteiger partial charge on any atom is -0.486 e. The van der Waals surface area contributed by atoms with Crippen LogP contribution in [0.1, 0.15) is 26.3 Å². The van der Waals surface area contributed by atoms with E-state index in [1.54, 1.807) is 0 Å². The largest absolute Gasteiger partial charge is 0.486 e. The number of benzene rings is 1. The smallest absolute Gasteiger partial charge is 0.242 e. The number of rotatable bonds is 6.